The maximum atomic E-state index is 10.8. The van der Waals surface area contributed by atoms with Crippen molar-refractivity contribution in [3.05, 3.63) is 0 Å². The van der Waals surface area contributed by atoms with E-state index < -0.39 is 0 Å². The Morgan fingerprint density at radius 3 is 2.30 bits per heavy atom. The van der Waals surface area contributed by atoms with Gasteiger partial charge in [-0.25, -0.2) is 0 Å². The molecule has 0 aliphatic carbocycles. The summed E-state index contributed by atoms with van der Waals surface area (Å²) < 4.78 is 0. The molecule has 0 spiro atoms. The van der Waals surface area contributed by atoms with Crippen LogP contribution in [0.15, 0.2) is 0 Å². The highest BCUT2D eigenvalue weighted by atomic mass is 16.1. The highest BCUT2D eigenvalue weighted by Gasteiger charge is 2.10. The Morgan fingerprint density at radius 2 is 2.00 bits per heavy atom. The molecule has 0 radical (unpaired) electrons. The SMILES string of the molecule is CNC(C)CC(C)C(C)=O. The second-order valence-corrected chi connectivity index (χ2v) is 2.94. The molecule has 0 aromatic heterocycles. The molecule has 0 amide bonds. The minimum absolute atomic E-state index is 0.197. The van der Waals surface area contributed by atoms with E-state index in [4.69, 9.17) is 0 Å². The number of nitrogens with one attached hydrogen (secondary N) is 1. The lowest BCUT2D eigenvalue weighted by atomic mass is 9.99. The predicted molar refractivity (Wildman–Crippen MR) is 43.0 cm³/mol. The summed E-state index contributed by atoms with van der Waals surface area (Å²) in [6.45, 7) is 5.70. The van der Waals surface area contributed by atoms with E-state index in [0.29, 0.717) is 6.04 Å². The highest BCUT2D eigenvalue weighted by molar-refractivity contribution is 5.77. The van der Waals surface area contributed by atoms with Crippen molar-refractivity contribution in [2.45, 2.75) is 33.2 Å². The lowest BCUT2D eigenvalue weighted by molar-refractivity contribution is -0.120. The average molecular weight is 143 g/mol. The Balaban J connectivity index is 3.56. The van der Waals surface area contributed by atoms with Crippen LogP contribution in [0.5, 0.6) is 0 Å². The molecule has 0 rings (SSSR count). The van der Waals surface area contributed by atoms with Crippen molar-refractivity contribution in [1.82, 2.24) is 5.32 Å². The summed E-state index contributed by atoms with van der Waals surface area (Å²) in [6, 6.07) is 0.443. The minimum atomic E-state index is 0.197. The summed E-state index contributed by atoms with van der Waals surface area (Å²) >= 11 is 0. The first-order valence-electron chi connectivity index (χ1n) is 3.75. The fourth-order valence-electron chi connectivity index (χ4n) is 0.814. The van der Waals surface area contributed by atoms with Crippen LogP contribution >= 0.6 is 0 Å². The predicted octanol–water partition coefficient (Wildman–Crippen LogP) is 1.21. The zero-order valence-electron chi connectivity index (χ0n) is 7.27. The number of Topliss-reactive ketones (excluding diaryl/α,β-unsaturated/α-hetero) is 1. The molecule has 0 aromatic carbocycles. The Kier molecular flexibility index (Phi) is 4.28. The number of carbonyl (C=O) groups is 1. The minimum Gasteiger partial charge on any atom is -0.317 e. The van der Waals surface area contributed by atoms with Gasteiger partial charge in [0.15, 0.2) is 0 Å². The van der Waals surface area contributed by atoms with Crippen LogP contribution in [0.3, 0.4) is 0 Å². The van der Waals surface area contributed by atoms with Crippen LogP contribution in [-0.2, 0) is 4.79 Å². The molecule has 0 aromatic rings. The first-order valence-corrected chi connectivity index (χ1v) is 3.75. The van der Waals surface area contributed by atoms with Crippen LogP contribution in [0, 0.1) is 5.92 Å². The molecular formula is C8H17NO. The van der Waals surface area contributed by atoms with Gasteiger partial charge in [0.25, 0.3) is 0 Å². The number of ketones is 1. The third kappa shape index (κ3) is 3.62. The molecule has 2 unspecified atom stereocenters. The van der Waals surface area contributed by atoms with Gasteiger partial charge in [0, 0.05) is 12.0 Å². The molecule has 1 N–H and O–H groups in total. The smallest absolute Gasteiger partial charge is 0.132 e. The summed E-state index contributed by atoms with van der Waals surface area (Å²) in [5, 5.41) is 3.10. The van der Waals surface area contributed by atoms with Crippen LogP contribution in [-0.4, -0.2) is 18.9 Å². The van der Waals surface area contributed by atoms with Crippen molar-refractivity contribution < 1.29 is 4.79 Å². The van der Waals surface area contributed by atoms with E-state index in [1.54, 1.807) is 6.92 Å². The Hall–Kier alpha value is -0.370. The van der Waals surface area contributed by atoms with Gasteiger partial charge in [0.05, 0.1) is 0 Å². The third-order valence-electron chi connectivity index (χ3n) is 1.89. The molecule has 0 bridgehead atoms. The topological polar surface area (TPSA) is 29.1 Å². The third-order valence-corrected chi connectivity index (χ3v) is 1.89. The van der Waals surface area contributed by atoms with Crippen LogP contribution in [0.25, 0.3) is 0 Å². The van der Waals surface area contributed by atoms with Gasteiger partial charge in [0.1, 0.15) is 5.78 Å². The number of hydrogen-bond acceptors (Lipinski definition) is 2. The maximum absolute atomic E-state index is 10.8. The number of rotatable bonds is 4. The van der Waals surface area contributed by atoms with E-state index in [0.717, 1.165) is 6.42 Å². The number of carbonyl (C=O) groups excluding carboxylic acids is 1. The highest BCUT2D eigenvalue weighted by Crippen LogP contribution is 2.05. The van der Waals surface area contributed by atoms with Gasteiger partial charge in [-0.2, -0.15) is 0 Å². The van der Waals surface area contributed by atoms with E-state index in [9.17, 15) is 4.79 Å². The monoisotopic (exact) mass is 143 g/mol. The maximum Gasteiger partial charge on any atom is 0.132 e. The first kappa shape index (κ1) is 9.63. The molecule has 0 aliphatic rings. The van der Waals surface area contributed by atoms with Gasteiger partial charge < -0.3 is 5.32 Å². The Labute approximate surface area is 63.0 Å². The lowest BCUT2D eigenvalue weighted by Crippen LogP contribution is -2.25. The van der Waals surface area contributed by atoms with Gasteiger partial charge >= 0.3 is 0 Å². The zero-order valence-corrected chi connectivity index (χ0v) is 7.27. The largest absolute Gasteiger partial charge is 0.317 e. The molecule has 10 heavy (non-hydrogen) atoms. The van der Waals surface area contributed by atoms with Crippen LogP contribution in [0.1, 0.15) is 27.2 Å². The van der Waals surface area contributed by atoms with Gasteiger partial charge in [-0.1, -0.05) is 6.92 Å². The first-order chi connectivity index (χ1) is 4.57. The van der Waals surface area contributed by atoms with E-state index in [1.165, 1.54) is 0 Å². The molecule has 0 fully saturated rings. The van der Waals surface area contributed by atoms with Crippen molar-refractivity contribution in [2.24, 2.45) is 5.92 Å². The average Bonchev–Trinajstić information content (AvgIpc) is 1.87. The van der Waals surface area contributed by atoms with Crippen LogP contribution in [0.4, 0.5) is 0 Å². The fraction of sp³-hybridized carbons (Fsp3) is 0.875. The van der Waals surface area contributed by atoms with Gasteiger partial charge in [-0.15, -0.1) is 0 Å². The summed E-state index contributed by atoms with van der Waals surface area (Å²) in [5.41, 5.74) is 0. The Morgan fingerprint density at radius 1 is 1.50 bits per heavy atom. The summed E-state index contributed by atoms with van der Waals surface area (Å²) in [5.74, 6) is 0.476. The van der Waals surface area contributed by atoms with E-state index in [2.05, 4.69) is 12.2 Å². The van der Waals surface area contributed by atoms with E-state index in [1.807, 2.05) is 14.0 Å². The molecule has 0 saturated heterocycles. The molecule has 0 saturated carbocycles. The molecule has 60 valence electrons. The molecule has 2 heteroatoms. The normalized spacial score (nSPS) is 16.4. The van der Waals surface area contributed by atoms with Crippen molar-refractivity contribution in [1.29, 1.82) is 0 Å². The standard InChI is InChI=1S/C8H17NO/c1-6(8(3)10)5-7(2)9-4/h6-7,9H,5H2,1-4H3. The van der Waals surface area contributed by atoms with Crippen molar-refractivity contribution in [3.8, 4) is 0 Å². The van der Waals surface area contributed by atoms with Crippen molar-refractivity contribution in [2.75, 3.05) is 7.05 Å². The summed E-state index contributed by atoms with van der Waals surface area (Å²) in [7, 11) is 1.91. The summed E-state index contributed by atoms with van der Waals surface area (Å²) in [6.07, 6.45) is 0.936. The van der Waals surface area contributed by atoms with Crippen molar-refractivity contribution in [3.63, 3.8) is 0 Å². The second-order valence-electron chi connectivity index (χ2n) is 2.94. The van der Waals surface area contributed by atoms with Crippen LogP contribution in [0.2, 0.25) is 0 Å². The van der Waals surface area contributed by atoms with Crippen molar-refractivity contribution >= 4 is 5.78 Å². The molecular weight excluding hydrogens is 126 g/mol. The van der Waals surface area contributed by atoms with Gasteiger partial charge in [-0.3, -0.25) is 4.79 Å². The number of hydrogen-bond donors (Lipinski definition) is 1. The summed E-state index contributed by atoms with van der Waals surface area (Å²) in [4.78, 5) is 10.8. The molecule has 2 atom stereocenters. The quantitative estimate of drug-likeness (QED) is 0.641. The van der Waals surface area contributed by atoms with Gasteiger partial charge in [0.2, 0.25) is 0 Å². The van der Waals surface area contributed by atoms with Gasteiger partial charge in [-0.05, 0) is 27.3 Å². The Bertz CT molecular complexity index is 112. The van der Waals surface area contributed by atoms with E-state index in [-0.39, 0.29) is 11.7 Å². The second kappa shape index (κ2) is 4.45. The lowest BCUT2D eigenvalue weighted by Gasteiger charge is -2.13. The van der Waals surface area contributed by atoms with Crippen LogP contribution < -0.4 is 5.32 Å². The molecule has 0 aliphatic heterocycles. The fourth-order valence-corrected chi connectivity index (χ4v) is 0.814. The molecule has 0 heterocycles. The zero-order chi connectivity index (χ0) is 8.15. The van der Waals surface area contributed by atoms with E-state index >= 15 is 0 Å². The molecule has 2 nitrogen and oxygen atoms in total.